The van der Waals surface area contributed by atoms with Gasteiger partial charge in [0.25, 0.3) is 0 Å². The van der Waals surface area contributed by atoms with Crippen LogP contribution in [0.3, 0.4) is 0 Å². The second-order valence-electron chi connectivity index (χ2n) is 4.92. The summed E-state index contributed by atoms with van der Waals surface area (Å²) in [6, 6.07) is 11.6. The number of nitrogens with two attached hydrogens (primary N) is 1. The van der Waals surface area contributed by atoms with Crippen molar-refractivity contribution < 1.29 is 0 Å². The fraction of sp³-hybridized carbons (Fsp3) is 0.571. The summed E-state index contributed by atoms with van der Waals surface area (Å²) in [5.74, 6) is 0. The summed E-state index contributed by atoms with van der Waals surface area (Å²) < 4.78 is 0. The third kappa shape index (κ3) is 2.83. The fourth-order valence-corrected chi connectivity index (χ4v) is 2.68. The minimum Gasteiger partial charge on any atom is -0.326 e. The minimum atomic E-state index is 0.363. The summed E-state index contributed by atoms with van der Waals surface area (Å²) >= 11 is 0. The van der Waals surface area contributed by atoms with Crippen molar-refractivity contribution in [2.45, 2.75) is 44.3 Å². The van der Waals surface area contributed by atoms with E-state index in [1.165, 1.54) is 31.2 Å². The van der Waals surface area contributed by atoms with E-state index < -0.39 is 0 Å². The van der Waals surface area contributed by atoms with Crippen LogP contribution in [0.5, 0.6) is 0 Å². The lowest BCUT2D eigenvalue weighted by Crippen LogP contribution is -2.47. The molecule has 0 heterocycles. The minimum absolute atomic E-state index is 0.363. The zero-order valence-electron chi connectivity index (χ0n) is 10.1. The van der Waals surface area contributed by atoms with E-state index in [-0.39, 0.29) is 0 Å². The molecule has 2 nitrogen and oxygen atoms in total. The van der Waals surface area contributed by atoms with Crippen molar-refractivity contribution in [2.75, 3.05) is 7.05 Å². The van der Waals surface area contributed by atoms with Crippen LogP contribution >= 0.6 is 0 Å². The summed E-state index contributed by atoms with van der Waals surface area (Å²) in [5, 5.41) is 0. The van der Waals surface area contributed by atoms with Crippen LogP contribution in [0.15, 0.2) is 30.3 Å². The highest BCUT2D eigenvalue weighted by atomic mass is 15.1. The molecule has 0 aromatic heterocycles. The van der Waals surface area contributed by atoms with Gasteiger partial charge in [0.15, 0.2) is 0 Å². The first-order chi connectivity index (χ1) is 7.77. The van der Waals surface area contributed by atoms with Crippen LogP contribution in [0, 0.1) is 0 Å². The maximum Gasteiger partial charge on any atom is 0.0247 e. The number of hydrogen-bond acceptors (Lipinski definition) is 2. The quantitative estimate of drug-likeness (QED) is 0.844. The van der Waals surface area contributed by atoms with E-state index in [1.807, 2.05) is 0 Å². The van der Waals surface area contributed by atoms with E-state index >= 15 is 0 Å². The van der Waals surface area contributed by atoms with Crippen LogP contribution in [0.4, 0.5) is 0 Å². The summed E-state index contributed by atoms with van der Waals surface area (Å²) in [6.07, 6.45) is 5.07. The van der Waals surface area contributed by atoms with Crippen molar-refractivity contribution in [3.8, 4) is 0 Å². The standard InChI is InChI=1S/C14H22N2/c1-16(11-12-7-3-2-4-8-12)14-10-6-5-9-13(14)15/h2-4,7-8,13-14H,5-6,9-11,15H2,1H3/t13-,14-/m0/s1. The molecule has 0 amide bonds. The second kappa shape index (κ2) is 5.46. The van der Waals surface area contributed by atoms with Gasteiger partial charge in [0.05, 0.1) is 0 Å². The van der Waals surface area contributed by atoms with Gasteiger partial charge in [0.2, 0.25) is 0 Å². The SMILES string of the molecule is CN(Cc1ccccc1)[C@H]1CCCC[C@@H]1N. The van der Waals surface area contributed by atoms with Gasteiger partial charge in [-0.25, -0.2) is 0 Å². The summed E-state index contributed by atoms with van der Waals surface area (Å²) in [5.41, 5.74) is 7.57. The number of benzene rings is 1. The van der Waals surface area contributed by atoms with E-state index in [4.69, 9.17) is 5.73 Å². The Morgan fingerprint density at radius 3 is 2.56 bits per heavy atom. The van der Waals surface area contributed by atoms with E-state index in [1.54, 1.807) is 0 Å². The third-order valence-electron chi connectivity index (χ3n) is 3.62. The zero-order valence-corrected chi connectivity index (χ0v) is 10.1. The normalized spacial score (nSPS) is 25.9. The Balaban J connectivity index is 1.94. The molecule has 0 bridgehead atoms. The summed E-state index contributed by atoms with van der Waals surface area (Å²) in [6.45, 7) is 1.01. The first kappa shape index (κ1) is 11.6. The molecule has 0 saturated heterocycles. The van der Waals surface area contributed by atoms with E-state index in [9.17, 15) is 0 Å². The van der Waals surface area contributed by atoms with E-state index in [0.29, 0.717) is 12.1 Å². The molecule has 88 valence electrons. The first-order valence-corrected chi connectivity index (χ1v) is 6.27. The Hall–Kier alpha value is -0.860. The van der Waals surface area contributed by atoms with Gasteiger partial charge in [0.1, 0.15) is 0 Å². The largest absolute Gasteiger partial charge is 0.326 e. The molecule has 2 atom stereocenters. The van der Waals surface area contributed by atoms with Gasteiger partial charge in [-0.05, 0) is 25.5 Å². The zero-order chi connectivity index (χ0) is 11.4. The molecule has 1 aromatic carbocycles. The predicted molar refractivity (Wildman–Crippen MR) is 68.1 cm³/mol. The van der Waals surface area contributed by atoms with Gasteiger partial charge in [-0.1, -0.05) is 43.2 Å². The third-order valence-corrected chi connectivity index (χ3v) is 3.62. The van der Waals surface area contributed by atoms with E-state index in [0.717, 1.165) is 6.54 Å². The van der Waals surface area contributed by atoms with Crippen LogP contribution in [-0.2, 0) is 6.54 Å². The number of hydrogen-bond donors (Lipinski definition) is 1. The monoisotopic (exact) mass is 218 g/mol. The van der Waals surface area contributed by atoms with Crippen LogP contribution in [0.2, 0.25) is 0 Å². The lowest BCUT2D eigenvalue weighted by atomic mass is 9.90. The van der Waals surface area contributed by atoms with Gasteiger partial charge in [-0.15, -0.1) is 0 Å². The molecule has 0 unspecified atom stereocenters. The highest BCUT2D eigenvalue weighted by Crippen LogP contribution is 2.22. The Bertz CT molecular complexity index is 310. The fourth-order valence-electron chi connectivity index (χ4n) is 2.68. The molecule has 1 saturated carbocycles. The second-order valence-corrected chi connectivity index (χ2v) is 4.92. The van der Waals surface area contributed by atoms with Crippen molar-refractivity contribution in [1.82, 2.24) is 4.90 Å². The number of rotatable bonds is 3. The molecule has 1 aromatic rings. The molecule has 1 fully saturated rings. The molecule has 0 spiro atoms. The maximum atomic E-state index is 6.19. The molecule has 2 N–H and O–H groups in total. The Kier molecular flexibility index (Phi) is 3.97. The molecule has 2 rings (SSSR count). The van der Waals surface area contributed by atoms with Crippen LogP contribution < -0.4 is 5.73 Å². The van der Waals surface area contributed by atoms with Gasteiger partial charge >= 0.3 is 0 Å². The number of likely N-dealkylation sites (N-methyl/N-ethyl adjacent to an activating group) is 1. The van der Waals surface area contributed by atoms with E-state index in [2.05, 4.69) is 42.3 Å². The molecule has 1 aliphatic rings. The predicted octanol–water partition coefficient (Wildman–Crippen LogP) is 2.39. The lowest BCUT2D eigenvalue weighted by Gasteiger charge is -2.36. The molecule has 0 aliphatic heterocycles. The molecular weight excluding hydrogens is 196 g/mol. The Morgan fingerprint density at radius 2 is 1.88 bits per heavy atom. The van der Waals surface area contributed by atoms with Crippen molar-refractivity contribution in [3.63, 3.8) is 0 Å². The molecule has 0 radical (unpaired) electrons. The maximum absolute atomic E-state index is 6.19. The van der Waals surface area contributed by atoms with Crippen LogP contribution in [-0.4, -0.2) is 24.0 Å². The molecular formula is C14H22N2. The Labute approximate surface area is 98.4 Å². The summed E-state index contributed by atoms with van der Waals surface area (Å²) in [7, 11) is 2.20. The molecule has 16 heavy (non-hydrogen) atoms. The van der Waals surface area contributed by atoms with Crippen molar-refractivity contribution >= 4 is 0 Å². The lowest BCUT2D eigenvalue weighted by molar-refractivity contribution is 0.162. The number of nitrogens with zero attached hydrogens (tertiary/aromatic N) is 1. The summed E-state index contributed by atoms with van der Waals surface area (Å²) in [4.78, 5) is 2.42. The van der Waals surface area contributed by atoms with Crippen LogP contribution in [0.25, 0.3) is 0 Å². The van der Waals surface area contributed by atoms with Crippen LogP contribution in [0.1, 0.15) is 31.2 Å². The highest BCUT2D eigenvalue weighted by molar-refractivity contribution is 5.14. The van der Waals surface area contributed by atoms with Gasteiger partial charge in [-0.3, -0.25) is 4.90 Å². The molecule has 2 heteroatoms. The van der Waals surface area contributed by atoms with Gasteiger partial charge in [0, 0.05) is 18.6 Å². The smallest absolute Gasteiger partial charge is 0.0247 e. The van der Waals surface area contributed by atoms with Crippen molar-refractivity contribution in [2.24, 2.45) is 5.73 Å². The van der Waals surface area contributed by atoms with Gasteiger partial charge in [-0.2, -0.15) is 0 Å². The topological polar surface area (TPSA) is 29.3 Å². The van der Waals surface area contributed by atoms with Crippen molar-refractivity contribution in [3.05, 3.63) is 35.9 Å². The highest BCUT2D eigenvalue weighted by Gasteiger charge is 2.25. The van der Waals surface area contributed by atoms with Gasteiger partial charge < -0.3 is 5.73 Å². The average molecular weight is 218 g/mol. The van der Waals surface area contributed by atoms with Crippen molar-refractivity contribution in [1.29, 1.82) is 0 Å². The first-order valence-electron chi connectivity index (χ1n) is 6.27. The average Bonchev–Trinajstić information content (AvgIpc) is 2.31. The Morgan fingerprint density at radius 1 is 1.19 bits per heavy atom. The molecule has 1 aliphatic carbocycles.